The van der Waals surface area contributed by atoms with Crippen molar-refractivity contribution in [3.05, 3.63) is 0 Å². The quantitative estimate of drug-likeness (QED) is 0.174. The molecule has 0 aromatic heterocycles. The molecule has 6 nitrogen and oxygen atoms in total. The topological polar surface area (TPSA) is 133 Å². The van der Waals surface area contributed by atoms with Gasteiger partial charge < -0.3 is 24.8 Å². The number of hydrazine groups is 2. The van der Waals surface area contributed by atoms with E-state index in [-0.39, 0.29) is 41.6 Å². The van der Waals surface area contributed by atoms with Crippen LogP contribution in [0.3, 0.4) is 0 Å². The zero-order valence-electron chi connectivity index (χ0n) is 4.92. The van der Waals surface area contributed by atoms with Crippen molar-refractivity contribution in [1.82, 2.24) is 5.12 Å². The fraction of sp³-hybridized carbons (Fsp3) is 1.00. The van der Waals surface area contributed by atoms with Gasteiger partial charge in [-0.15, -0.1) is 5.12 Å². The molecule has 1 radical (unpaired) electrons. The molecule has 0 heterocycles. The van der Waals surface area contributed by atoms with Crippen LogP contribution < -0.4 is 53.7 Å². The van der Waals surface area contributed by atoms with Crippen molar-refractivity contribution in [2.45, 2.75) is 5.91 Å². The first-order valence-electron chi connectivity index (χ1n) is 1.61. The van der Waals surface area contributed by atoms with Crippen molar-refractivity contribution < 1.29 is 41.6 Å². The molecule has 0 fully saturated rings. The number of hydrogen-bond donors (Lipinski definition) is 5. The van der Waals surface area contributed by atoms with Crippen LogP contribution in [0.5, 0.6) is 0 Å². The van der Waals surface area contributed by atoms with Gasteiger partial charge in [0, 0.05) is 0 Å². The fourth-order valence-corrected chi connectivity index (χ4v) is 0. The first-order valence-corrected chi connectivity index (χ1v) is 1.61. The second kappa shape index (κ2) is 7.95. The summed E-state index contributed by atoms with van der Waals surface area (Å²) in [6.45, 7) is 0. The average Bonchev–Trinajstić information content (AvgIpc) is 1.31. The van der Waals surface area contributed by atoms with Gasteiger partial charge in [0.1, 0.15) is 0 Å². The predicted molar refractivity (Wildman–Crippen MR) is 25.5 cm³/mol. The van der Waals surface area contributed by atoms with Crippen molar-refractivity contribution in [3.8, 4) is 0 Å². The van der Waals surface area contributed by atoms with Gasteiger partial charge in [-0.3, -0.25) is 28.9 Å². The van der Waals surface area contributed by atoms with Gasteiger partial charge in [-0.25, -0.2) is 0 Å². The van der Waals surface area contributed by atoms with Gasteiger partial charge in [0.2, 0.25) is 5.91 Å². The van der Waals surface area contributed by atoms with E-state index in [1.54, 1.807) is 0 Å². The van der Waals surface area contributed by atoms with E-state index in [9.17, 15) is 0 Å². The van der Waals surface area contributed by atoms with Gasteiger partial charge in [-0.2, -0.15) is 0 Å². The maximum Gasteiger partial charge on any atom is 2.00 e. The molecule has 0 amide bonds. The van der Waals surface area contributed by atoms with Crippen molar-refractivity contribution in [3.63, 3.8) is 0 Å². The number of nitrogens with zero attached hydrogens (tertiary/aromatic N) is 1. The second-order valence-electron chi connectivity index (χ2n) is 1.29. The Morgan fingerprint density at radius 1 is 0.900 bits per heavy atom. The minimum Gasteiger partial charge on any atom is -1.00 e. The Morgan fingerprint density at radius 3 is 1.00 bits per heavy atom. The standard InChI is InChI=1S/CH10N6.2ClH.Co/c2-1(3,4)7(5)6;;;/h2-6H2;2*1H;/q;;;+2/p-2. The Balaban J connectivity index is -0.0000000600. The molecule has 0 aromatic carbocycles. The molecule has 0 aliphatic heterocycles. The number of halogens is 2. The van der Waals surface area contributed by atoms with Crippen molar-refractivity contribution in [2.24, 2.45) is 28.9 Å². The van der Waals surface area contributed by atoms with Crippen molar-refractivity contribution in [2.75, 3.05) is 0 Å². The molecule has 0 atom stereocenters. The maximum atomic E-state index is 4.91. The number of rotatable bonds is 1. The molecule has 10 N–H and O–H groups in total. The monoisotopic (exact) mass is 235 g/mol. The Bertz CT molecular complexity index is 61.3. The summed E-state index contributed by atoms with van der Waals surface area (Å²) in [5.41, 5.74) is 14.7. The van der Waals surface area contributed by atoms with Gasteiger partial charge in [-0.05, 0) is 0 Å². The summed E-state index contributed by atoms with van der Waals surface area (Å²) in [5.74, 6) is 8.00. The average molecular weight is 236 g/mol. The Hall–Kier alpha value is 0.846. The minimum absolute atomic E-state index is 0. The van der Waals surface area contributed by atoms with Crippen LogP contribution >= 0.6 is 0 Å². The van der Waals surface area contributed by atoms with E-state index < -0.39 is 5.91 Å². The summed E-state index contributed by atoms with van der Waals surface area (Å²) in [6, 6.07) is 0. The van der Waals surface area contributed by atoms with Gasteiger partial charge in [0.05, 0.1) is 0 Å². The van der Waals surface area contributed by atoms with Crippen LogP contribution in [0, 0.1) is 0 Å². The third kappa shape index (κ3) is 11.6. The fourth-order valence-electron chi connectivity index (χ4n) is 0. The molecular weight excluding hydrogens is 226 g/mol. The van der Waals surface area contributed by atoms with E-state index in [0.717, 1.165) is 0 Å². The molecule has 67 valence electrons. The van der Waals surface area contributed by atoms with Crippen LogP contribution in [0.1, 0.15) is 0 Å². The number of nitrogens with two attached hydrogens (primary N) is 5. The summed E-state index contributed by atoms with van der Waals surface area (Å²) in [7, 11) is 0. The zero-order valence-corrected chi connectivity index (χ0v) is 7.48. The first kappa shape index (κ1) is 22.4. The molecule has 0 rings (SSSR count). The van der Waals surface area contributed by atoms with Gasteiger partial charge in [0.15, 0.2) is 0 Å². The van der Waals surface area contributed by atoms with E-state index in [2.05, 4.69) is 0 Å². The SMILES string of the molecule is NN(N)C(N)(N)N.[Cl-].[Cl-].[Co+2]. The predicted octanol–water partition coefficient (Wildman–Crippen LogP) is -9.47. The maximum absolute atomic E-state index is 4.91. The van der Waals surface area contributed by atoms with Gasteiger partial charge in [0.25, 0.3) is 0 Å². The molecule has 0 aliphatic rings. The third-order valence-corrected chi connectivity index (χ3v) is 0.447. The Morgan fingerprint density at radius 2 is 1.00 bits per heavy atom. The van der Waals surface area contributed by atoms with E-state index in [0.29, 0.717) is 5.12 Å². The molecule has 0 saturated carbocycles. The van der Waals surface area contributed by atoms with Crippen LogP contribution in [-0.4, -0.2) is 11.0 Å². The minimum atomic E-state index is -1.61. The molecule has 10 heavy (non-hydrogen) atoms. The van der Waals surface area contributed by atoms with Gasteiger partial charge in [-0.1, -0.05) is 0 Å². The molecule has 0 unspecified atom stereocenters. The summed E-state index contributed by atoms with van der Waals surface area (Å²) in [5, 5.41) is 0.521. The van der Waals surface area contributed by atoms with Crippen LogP contribution in [0.4, 0.5) is 0 Å². The van der Waals surface area contributed by atoms with E-state index >= 15 is 0 Å². The Kier molecular flexibility index (Phi) is 17.8. The summed E-state index contributed by atoms with van der Waals surface area (Å²) < 4.78 is 0. The second-order valence-corrected chi connectivity index (χ2v) is 1.29. The van der Waals surface area contributed by atoms with E-state index in [4.69, 9.17) is 28.9 Å². The van der Waals surface area contributed by atoms with Crippen LogP contribution in [0.25, 0.3) is 0 Å². The summed E-state index contributed by atoms with van der Waals surface area (Å²) >= 11 is 0. The molecule has 0 aromatic rings. The van der Waals surface area contributed by atoms with Gasteiger partial charge >= 0.3 is 16.8 Å². The molecule has 0 bridgehead atoms. The summed E-state index contributed by atoms with van der Waals surface area (Å²) in [4.78, 5) is 0. The van der Waals surface area contributed by atoms with Crippen molar-refractivity contribution in [1.29, 1.82) is 0 Å². The van der Waals surface area contributed by atoms with E-state index in [1.165, 1.54) is 0 Å². The molecular formula is CH10Cl2CoN6. The largest absolute Gasteiger partial charge is 2.00 e. The van der Waals surface area contributed by atoms with Crippen molar-refractivity contribution >= 4 is 0 Å². The van der Waals surface area contributed by atoms with Crippen LogP contribution in [0.15, 0.2) is 0 Å². The summed E-state index contributed by atoms with van der Waals surface area (Å²) in [6.07, 6.45) is 0. The van der Waals surface area contributed by atoms with Crippen LogP contribution in [-0.2, 0) is 16.8 Å². The molecule has 0 aliphatic carbocycles. The Labute approximate surface area is 81.8 Å². The molecule has 0 saturated heterocycles. The smallest absolute Gasteiger partial charge is 1.00 e. The van der Waals surface area contributed by atoms with E-state index in [1.807, 2.05) is 0 Å². The molecule has 0 spiro atoms. The van der Waals surface area contributed by atoms with Crippen LogP contribution in [0.2, 0.25) is 0 Å². The normalized spacial score (nSPS) is 9.00. The molecule has 9 heteroatoms. The third-order valence-electron chi connectivity index (χ3n) is 0.447. The zero-order chi connectivity index (χ0) is 6.08. The first-order chi connectivity index (χ1) is 2.94. The number of hydrogen-bond acceptors (Lipinski definition) is 6.